The summed E-state index contributed by atoms with van der Waals surface area (Å²) in [4.78, 5) is 23.7. The van der Waals surface area contributed by atoms with Crippen molar-refractivity contribution in [3.63, 3.8) is 0 Å². The van der Waals surface area contributed by atoms with Gasteiger partial charge >= 0.3 is 12.1 Å². The van der Waals surface area contributed by atoms with Gasteiger partial charge in [-0.2, -0.15) is 13.2 Å². The molecule has 134 valence electrons. The summed E-state index contributed by atoms with van der Waals surface area (Å²) in [5.74, 6) is -2.81. The van der Waals surface area contributed by atoms with Crippen LogP contribution < -0.4 is 0 Å². The number of thioether (sulfide) groups is 1. The molecule has 1 aliphatic heterocycles. The number of carboxylic acid groups (broad SMARTS) is 1. The van der Waals surface area contributed by atoms with Gasteiger partial charge in [-0.1, -0.05) is 30.0 Å². The molecule has 0 saturated carbocycles. The largest absolute Gasteiger partial charge is 0.481 e. The smallest absolute Gasteiger partial charge is 0.417 e. The number of hydrogen-bond acceptors (Lipinski definition) is 4. The number of benzene rings is 1. The number of alkyl halides is 3. The van der Waals surface area contributed by atoms with Crippen LogP contribution in [-0.2, 0) is 15.8 Å². The van der Waals surface area contributed by atoms with Crippen LogP contribution in [0.4, 0.5) is 17.6 Å². The number of carbonyl (C=O) groups is 2. The third kappa shape index (κ3) is 4.57. The Kier molecular flexibility index (Phi) is 5.83. The number of halogens is 4. The SMILES string of the molecule is O=C(O)CCCN1C(=O)C(=Cc2c(F)cccc2C(F)(F)F)SC1=S. The Bertz CT molecular complexity index is 762. The van der Waals surface area contributed by atoms with Crippen molar-refractivity contribution >= 4 is 46.3 Å². The Hall–Kier alpha value is -1.94. The summed E-state index contributed by atoms with van der Waals surface area (Å²) in [5, 5.41) is 8.60. The molecule has 0 atom stereocenters. The van der Waals surface area contributed by atoms with Crippen LogP contribution in [0.5, 0.6) is 0 Å². The number of carbonyl (C=O) groups excluding carboxylic acids is 1. The topological polar surface area (TPSA) is 57.6 Å². The monoisotopic (exact) mass is 393 g/mol. The Morgan fingerprint density at radius 2 is 2.04 bits per heavy atom. The van der Waals surface area contributed by atoms with E-state index in [0.29, 0.717) is 0 Å². The molecule has 1 aliphatic rings. The molecule has 0 unspecified atom stereocenters. The highest BCUT2D eigenvalue weighted by atomic mass is 32.2. The highest BCUT2D eigenvalue weighted by molar-refractivity contribution is 8.26. The minimum absolute atomic E-state index is 0.0255. The summed E-state index contributed by atoms with van der Waals surface area (Å²) < 4.78 is 53.0. The average Bonchev–Trinajstić information content (AvgIpc) is 2.75. The molecule has 1 amide bonds. The van der Waals surface area contributed by atoms with Crippen molar-refractivity contribution in [2.24, 2.45) is 0 Å². The molecule has 2 rings (SSSR count). The molecule has 1 N–H and O–H groups in total. The third-order valence-electron chi connectivity index (χ3n) is 3.28. The lowest BCUT2D eigenvalue weighted by Gasteiger charge is -2.13. The number of thiocarbonyl (C=S) groups is 1. The van der Waals surface area contributed by atoms with Gasteiger partial charge in [-0.15, -0.1) is 0 Å². The number of carboxylic acids is 1. The van der Waals surface area contributed by atoms with Crippen LogP contribution in [0.15, 0.2) is 23.1 Å². The maximum Gasteiger partial charge on any atom is 0.417 e. The van der Waals surface area contributed by atoms with Gasteiger partial charge in [-0.3, -0.25) is 14.5 Å². The van der Waals surface area contributed by atoms with E-state index in [1.54, 1.807) is 0 Å². The van der Waals surface area contributed by atoms with E-state index in [0.717, 1.165) is 40.9 Å². The van der Waals surface area contributed by atoms with Crippen LogP contribution in [-0.4, -0.2) is 32.7 Å². The van der Waals surface area contributed by atoms with Gasteiger partial charge in [-0.25, -0.2) is 4.39 Å². The second-order valence-electron chi connectivity index (χ2n) is 5.03. The first-order valence-electron chi connectivity index (χ1n) is 6.94. The summed E-state index contributed by atoms with van der Waals surface area (Å²) in [6, 6.07) is 2.53. The normalized spacial score (nSPS) is 16.8. The molecule has 0 bridgehead atoms. The van der Waals surface area contributed by atoms with E-state index >= 15 is 0 Å². The van der Waals surface area contributed by atoms with Gasteiger partial charge in [0.15, 0.2) is 0 Å². The predicted octanol–water partition coefficient (Wildman–Crippen LogP) is 3.91. The van der Waals surface area contributed by atoms with Crippen LogP contribution in [0.1, 0.15) is 24.0 Å². The Morgan fingerprint density at radius 3 is 2.64 bits per heavy atom. The van der Waals surface area contributed by atoms with Crippen molar-refractivity contribution in [3.05, 3.63) is 40.0 Å². The molecule has 0 aliphatic carbocycles. The lowest BCUT2D eigenvalue weighted by molar-refractivity contribution is -0.138. The van der Waals surface area contributed by atoms with E-state index in [1.807, 2.05) is 0 Å². The van der Waals surface area contributed by atoms with Crippen molar-refractivity contribution in [3.8, 4) is 0 Å². The molecule has 4 nitrogen and oxygen atoms in total. The first-order chi connectivity index (χ1) is 11.6. The van der Waals surface area contributed by atoms with Crippen LogP contribution >= 0.6 is 24.0 Å². The number of nitrogens with zero attached hydrogens (tertiary/aromatic N) is 1. The molecular weight excluding hydrogens is 382 g/mol. The van der Waals surface area contributed by atoms with Gasteiger partial charge < -0.3 is 5.11 Å². The lowest BCUT2D eigenvalue weighted by atomic mass is 10.1. The fourth-order valence-corrected chi connectivity index (χ4v) is 3.43. The van der Waals surface area contributed by atoms with Gasteiger partial charge in [0.1, 0.15) is 10.1 Å². The fourth-order valence-electron chi connectivity index (χ4n) is 2.14. The van der Waals surface area contributed by atoms with Crippen molar-refractivity contribution in [2.45, 2.75) is 19.0 Å². The molecule has 25 heavy (non-hydrogen) atoms. The third-order valence-corrected chi connectivity index (χ3v) is 4.66. The fraction of sp³-hybridized carbons (Fsp3) is 0.267. The predicted molar refractivity (Wildman–Crippen MR) is 88.2 cm³/mol. The second-order valence-corrected chi connectivity index (χ2v) is 6.71. The second kappa shape index (κ2) is 7.52. The van der Waals surface area contributed by atoms with Crippen molar-refractivity contribution in [1.82, 2.24) is 4.90 Å². The Labute approximate surface area is 149 Å². The minimum Gasteiger partial charge on any atom is -0.481 e. The van der Waals surface area contributed by atoms with E-state index < -0.39 is 35.0 Å². The van der Waals surface area contributed by atoms with Gasteiger partial charge in [0.2, 0.25) is 0 Å². The number of rotatable bonds is 5. The van der Waals surface area contributed by atoms with Crippen molar-refractivity contribution in [2.75, 3.05) is 6.54 Å². The minimum atomic E-state index is -4.78. The van der Waals surface area contributed by atoms with E-state index in [2.05, 4.69) is 0 Å². The van der Waals surface area contributed by atoms with Gasteiger partial charge in [0.05, 0.1) is 10.5 Å². The molecular formula is C15H11F4NO3S2. The van der Waals surface area contributed by atoms with Crippen LogP contribution in [0, 0.1) is 5.82 Å². The van der Waals surface area contributed by atoms with E-state index in [1.165, 1.54) is 0 Å². The maximum absolute atomic E-state index is 13.9. The van der Waals surface area contributed by atoms with Crippen molar-refractivity contribution < 1.29 is 32.3 Å². The summed E-state index contributed by atoms with van der Waals surface area (Å²) in [6.07, 6.45) is -3.98. The molecule has 1 aromatic rings. The zero-order chi connectivity index (χ0) is 18.8. The summed E-state index contributed by atoms with van der Waals surface area (Å²) in [7, 11) is 0. The summed E-state index contributed by atoms with van der Waals surface area (Å²) >= 11 is 5.74. The molecule has 10 heteroatoms. The molecule has 0 spiro atoms. The van der Waals surface area contributed by atoms with E-state index in [4.69, 9.17) is 17.3 Å². The van der Waals surface area contributed by atoms with Crippen LogP contribution in [0.2, 0.25) is 0 Å². The quantitative estimate of drug-likeness (QED) is 0.467. The maximum atomic E-state index is 13.9. The number of hydrogen-bond donors (Lipinski definition) is 1. The summed E-state index contributed by atoms with van der Waals surface area (Å²) in [5.41, 5.74) is -1.93. The highest BCUT2D eigenvalue weighted by Crippen LogP contribution is 2.37. The Balaban J connectivity index is 2.30. The van der Waals surface area contributed by atoms with E-state index in [9.17, 15) is 27.2 Å². The first-order valence-corrected chi connectivity index (χ1v) is 8.16. The van der Waals surface area contributed by atoms with Crippen LogP contribution in [0.25, 0.3) is 6.08 Å². The molecule has 1 heterocycles. The zero-order valence-corrected chi connectivity index (χ0v) is 14.1. The van der Waals surface area contributed by atoms with Crippen LogP contribution in [0.3, 0.4) is 0 Å². The summed E-state index contributed by atoms with van der Waals surface area (Å²) in [6.45, 7) is 0.0255. The molecule has 1 fully saturated rings. The van der Waals surface area contributed by atoms with Gasteiger partial charge in [0, 0.05) is 18.5 Å². The first kappa shape index (κ1) is 19.4. The molecule has 0 aromatic heterocycles. The van der Waals surface area contributed by atoms with Crippen molar-refractivity contribution in [1.29, 1.82) is 0 Å². The Morgan fingerprint density at radius 1 is 1.36 bits per heavy atom. The zero-order valence-electron chi connectivity index (χ0n) is 12.5. The number of aliphatic carboxylic acids is 1. The van der Waals surface area contributed by atoms with E-state index in [-0.39, 0.29) is 28.6 Å². The molecule has 1 saturated heterocycles. The van der Waals surface area contributed by atoms with Gasteiger partial charge in [-0.05, 0) is 24.6 Å². The lowest BCUT2D eigenvalue weighted by Crippen LogP contribution is -2.29. The van der Waals surface area contributed by atoms with Gasteiger partial charge in [0.25, 0.3) is 5.91 Å². The standard InChI is InChI=1S/C15H11F4NO3S2/c16-10-4-1-3-9(15(17,18)19)8(10)7-11-13(23)20(14(24)25-11)6-2-5-12(21)22/h1,3-4,7H,2,5-6H2,(H,21,22). The highest BCUT2D eigenvalue weighted by Gasteiger charge is 2.36. The number of amides is 1. The average molecular weight is 393 g/mol. The molecule has 1 aromatic carbocycles. The molecule has 0 radical (unpaired) electrons.